The predicted octanol–water partition coefficient (Wildman–Crippen LogP) is 2.98. The van der Waals surface area contributed by atoms with Crippen molar-refractivity contribution in [2.45, 2.75) is 13.0 Å². The number of benzene rings is 1. The van der Waals surface area contributed by atoms with Crippen LogP contribution >= 0.6 is 11.6 Å². The van der Waals surface area contributed by atoms with Crippen LogP contribution in [-0.4, -0.2) is 30.1 Å². The lowest BCUT2D eigenvalue weighted by atomic mass is 10.3. The number of halogens is 1. The Kier molecular flexibility index (Phi) is 4.26. The van der Waals surface area contributed by atoms with Crippen molar-refractivity contribution in [2.24, 2.45) is 0 Å². The highest BCUT2D eigenvalue weighted by Gasteiger charge is 2.37. The molecular formula is C16H14ClN3O4. The molecule has 1 aromatic carbocycles. The van der Waals surface area contributed by atoms with E-state index in [0.29, 0.717) is 16.5 Å². The minimum absolute atomic E-state index is 0.195. The minimum atomic E-state index is -0.579. The van der Waals surface area contributed by atoms with E-state index in [9.17, 15) is 9.59 Å². The molecule has 1 aliphatic heterocycles. The number of amides is 3. The van der Waals surface area contributed by atoms with E-state index in [-0.39, 0.29) is 17.6 Å². The third-order valence-corrected chi connectivity index (χ3v) is 3.73. The fraction of sp³-hybridized carbons (Fsp3) is 0.188. The number of ether oxygens (including phenoxy) is 2. The van der Waals surface area contributed by atoms with Crippen LogP contribution in [0.4, 0.5) is 10.6 Å². The number of carbonyl (C=O) groups is 2. The molecule has 1 aliphatic rings. The molecule has 24 heavy (non-hydrogen) atoms. The van der Waals surface area contributed by atoms with Gasteiger partial charge in [-0.3, -0.25) is 4.79 Å². The zero-order chi connectivity index (χ0) is 17.3. The molecule has 1 aromatic heterocycles. The molecule has 3 amide bonds. The second-order valence-corrected chi connectivity index (χ2v) is 5.48. The number of aromatic nitrogens is 1. The van der Waals surface area contributed by atoms with Crippen LogP contribution in [0.25, 0.3) is 0 Å². The first-order valence-corrected chi connectivity index (χ1v) is 7.50. The lowest BCUT2D eigenvalue weighted by molar-refractivity contribution is -0.118. The summed E-state index contributed by atoms with van der Waals surface area (Å²) < 4.78 is 10.8. The first-order valence-electron chi connectivity index (χ1n) is 7.12. The monoisotopic (exact) mass is 347 g/mol. The second kappa shape index (κ2) is 6.37. The molecule has 1 unspecified atom stereocenters. The highest BCUT2D eigenvalue weighted by atomic mass is 35.5. The quantitative estimate of drug-likeness (QED) is 0.860. The maximum Gasteiger partial charge on any atom is 0.330 e. The number of pyridine rings is 1. The number of nitrogens with zero attached hydrogens (tertiary/aromatic N) is 2. The van der Waals surface area contributed by atoms with E-state index in [1.807, 2.05) is 0 Å². The number of methoxy groups -OCH3 is 1. The maximum absolute atomic E-state index is 12.0. The van der Waals surface area contributed by atoms with Gasteiger partial charge in [0.1, 0.15) is 23.4 Å². The van der Waals surface area contributed by atoms with E-state index in [2.05, 4.69) is 10.3 Å². The smallest absolute Gasteiger partial charge is 0.330 e. The average molecular weight is 348 g/mol. The van der Waals surface area contributed by atoms with Gasteiger partial charge in [0, 0.05) is 12.1 Å². The lowest BCUT2D eigenvalue weighted by Gasteiger charge is -2.13. The molecule has 1 N–H and O–H groups in total. The van der Waals surface area contributed by atoms with Crippen LogP contribution in [0.2, 0.25) is 5.02 Å². The van der Waals surface area contributed by atoms with Gasteiger partial charge in [-0.15, -0.1) is 0 Å². The molecule has 1 saturated heterocycles. The van der Waals surface area contributed by atoms with Gasteiger partial charge >= 0.3 is 6.03 Å². The van der Waals surface area contributed by atoms with E-state index in [4.69, 9.17) is 21.1 Å². The molecule has 0 saturated carbocycles. The van der Waals surface area contributed by atoms with Crippen molar-refractivity contribution in [3.05, 3.63) is 41.4 Å². The van der Waals surface area contributed by atoms with Crippen LogP contribution in [0.3, 0.4) is 0 Å². The van der Waals surface area contributed by atoms with E-state index in [1.54, 1.807) is 43.3 Å². The Labute approximate surface area is 143 Å². The molecule has 0 radical (unpaired) electrons. The Morgan fingerprint density at radius 1 is 1.25 bits per heavy atom. The van der Waals surface area contributed by atoms with E-state index in [1.165, 1.54) is 7.11 Å². The summed E-state index contributed by atoms with van der Waals surface area (Å²) in [5.41, 5.74) is 0. The summed E-state index contributed by atoms with van der Waals surface area (Å²) in [6.07, 6.45) is 0. The number of anilines is 1. The summed E-state index contributed by atoms with van der Waals surface area (Å²) in [6, 6.07) is 8.65. The largest absolute Gasteiger partial charge is 0.495 e. The first kappa shape index (κ1) is 16.1. The summed E-state index contributed by atoms with van der Waals surface area (Å²) in [5, 5.41) is 2.99. The van der Waals surface area contributed by atoms with Crippen LogP contribution in [0.5, 0.6) is 17.4 Å². The van der Waals surface area contributed by atoms with Gasteiger partial charge in [0.2, 0.25) is 5.88 Å². The molecule has 1 fully saturated rings. The van der Waals surface area contributed by atoms with Crippen LogP contribution in [0.1, 0.15) is 6.92 Å². The van der Waals surface area contributed by atoms with Crippen molar-refractivity contribution >= 4 is 29.4 Å². The number of rotatable bonds is 4. The Morgan fingerprint density at radius 3 is 2.71 bits per heavy atom. The molecule has 2 heterocycles. The van der Waals surface area contributed by atoms with Crippen LogP contribution in [0, 0.1) is 0 Å². The second-order valence-electron chi connectivity index (χ2n) is 5.08. The Balaban J connectivity index is 1.86. The summed E-state index contributed by atoms with van der Waals surface area (Å²) in [5.74, 6) is 0.995. The summed E-state index contributed by atoms with van der Waals surface area (Å²) in [4.78, 5) is 29.1. The molecule has 8 heteroatoms. The third-order valence-electron chi connectivity index (χ3n) is 3.42. The SMILES string of the molecule is COc1cc(Oc2cccc(N3C(=O)NC(C)C3=O)n2)ccc1Cl. The zero-order valence-corrected chi connectivity index (χ0v) is 13.7. The molecule has 2 aromatic rings. The van der Waals surface area contributed by atoms with Gasteiger partial charge < -0.3 is 14.8 Å². The Hall–Kier alpha value is -2.80. The van der Waals surface area contributed by atoms with Crippen molar-refractivity contribution in [3.63, 3.8) is 0 Å². The number of urea groups is 1. The van der Waals surface area contributed by atoms with Gasteiger partial charge in [0.05, 0.1) is 12.1 Å². The van der Waals surface area contributed by atoms with Crippen LogP contribution in [0.15, 0.2) is 36.4 Å². The number of imide groups is 1. The zero-order valence-electron chi connectivity index (χ0n) is 12.9. The molecule has 0 aliphatic carbocycles. The third kappa shape index (κ3) is 2.98. The van der Waals surface area contributed by atoms with Crippen molar-refractivity contribution in [1.29, 1.82) is 0 Å². The fourth-order valence-electron chi connectivity index (χ4n) is 2.23. The summed E-state index contributed by atoms with van der Waals surface area (Å²) in [7, 11) is 1.50. The van der Waals surface area contributed by atoms with Crippen LogP contribution in [-0.2, 0) is 4.79 Å². The molecule has 0 spiro atoms. The number of carbonyl (C=O) groups excluding carboxylic acids is 2. The van der Waals surface area contributed by atoms with Gasteiger partial charge in [-0.1, -0.05) is 17.7 Å². The van der Waals surface area contributed by atoms with Gasteiger partial charge in [0.25, 0.3) is 5.91 Å². The minimum Gasteiger partial charge on any atom is -0.495 e. The predicted molar refractivity (Wildman–Crippen MR) is 87.8 cm³/mol. The molecule has 7 nitrogen and oxygen atoms in total. The van der Waals surface area contributed by atoms with Crippen molar-refractivity contribution < 1.29 is 19.1 Å². The normalized spacial score (nSPS) is 17.0. The summed E-state index contributed by atoms with van der Waals surface area (Å²) in [6.45, 7) is 1.61. The average Bonchev–Trinajstić information content (AvgIpc) is 2.82. The summed E-state index contributed by atoms with van der Waals surface area (Å²) >= 11 is 5.97. The van der Waals surface area contributed by atoms with E-state index >= 15 is 0 Å². The van der Waals surface area contributed by atoms with Gasteiger partial charge in [-0.05, 0) is 25.1 Å². The molecular weight excluding hydrogens is 334 g/mol. The topological polar surface area (TPSA) is 80.8 Å². The highest BCUT2D eigenvalue weighted by molar-refractivity contribution is 6.32. The number of nitrogens with one attached hydrogen (secondary N) is 1. The van der Waals surface area contributed by atoms with Crippen molar-refractivity contribution in [3.8, 4) is 17.4 Å². The molecule has 1 atom stereocenters. The Bertz CT molecular complexity index is 812. The molecule has 3 rings (SSSR count). The lowest BCUT2D eigenvalue weighted by Crippen LogP contribution is -2.31. The fourth-order valence-corrected chi connectivity index (χ4v) is 2.43. The standard InChI is InChI=1S/C16H14ClN3O4/c1-9-15(21)20(16(22)18-9)13-4-3-5-14(19-13)24-10-6-7-11(17)12(8-10)23-2/h3-9H,1-2H3,(H,18,22). The molecule has 0 bridgehead atoms. The van der Waals surface area contributed by atoms with E-state index in [0.717, 1.165) is 4.90 Å². The number of hydrogen-bond acceptors (Lipinski definition) is 5. The molecule has 124 valence electrons. The number of hydrogen-bond donors (Lipinski definition) is 1. The Morgan fingerprint density at radius 2 is 2.04 bits per heavy atom. The van der Waals surface area contributed by atoms with Gasteiger partial charge in [-0.25, -0.2) is 9.69 Å². The first-order chi connectivity index (χ1) is 11.5. The van der Waals surface area contributed by atoms with Crippen molar-refractivity contribution in [2.75, 3.05) is 12.0 Å². The maximum atomic E-state index is 12.0. The van der Waals surface area contributed by atoms with E-state index < -0.39 is 12.1 Å². The van der Waals surface area contributed by atoms with Gasteiger partial charge in [-0.2, -0.15) is 4.98 Å². The van der Waals surface area contributed by atoms with Gasteiger partial charge in [0.15, 0.2) is 0 Å². The van der Waals surface area contributed by atoms with Crippen molar-refractivity contribution in [1.82, 2.24) is 10.3 Å². The van der Waals surface area contributed by atoms with Crippen LogP contribution < -0.4 is 19.7 Å². The highest BCUT2D eigenvalue weighted by Crippen LogP contribution is 2.31.